The average Bonchev–Trinajstić information content (AvgIpc) is 2.66. The van der Waals surface area contributed by atoms with Crippen molar-refractivity contribution in [1.82, 2.24) is 5.32 Å². The Morgan fingerprint density at radius 1 is 1.11 bits per heavy atom. The normalized spacial score (nSPS) is 13.6. The Hall–Kier alpha value is -2.31. The maximum Gasteiger partial charge on any atom is 0.237 e. The van der Waals surface area contributed by atoms with Gasteiger partial charge in [0.2, 0.25) is 11.8 Å². The molecule has 1 aliphatic rings. The summed E-state index contributed by atoms with van der Waals surface area (Å²) in [5.41, 5.74) is 3.30. The Morgan fingerprint density at radius 2 is 1.81 bits per heavy atom. The zero-order chi connectivity index (χ0) is 19.2. The van der Waals surface area contributed by atoms with Crippen molar-refractivity contribution in [3.8, 4) is 0 Å². The van der Waals surface area contributed by atoms with Crippen molar-refractivity contribution in [2.45, 2.75) is 24.4 Å². The number of rotatable bonds is 7. The zero-order valence-electron chi connectivity index (χ0n) is 15.8. The summed E-state index contributed by atoms with van der Waals surface area (Å²) >= 11 is 1.55. The highest BCUT2D eigenvalue weighted by Crippen LogP contribution is 2.34. The van der Waals surface area contributed by atoms with E-state index in [1.54, 1.807) is 16.7 Å². The van der Waals surface area contributed by atoms with E-state index in [0.717, 1.165) is 22.7 Å². The Kier molecular flexibility index (Phi) is 6.53. The highest BCUT2D eigenvalue weighted by atomic mass is 32.2. The van der Waals surface area contributed by atoms with Gasteiger partial charge in [-0.1, -0.05) is 36.4 Å². The number of thioether (sulfide) groups is 1. The second-order valence-electron chi connectivity index (χ2n) is 6.98. The number of hydrogen-bond donors (Lipinski definition) is 2. The molecule has 0 aliphatic carbocycles. The summed E-state index contributed by atoms with van der Waals surface area (Å²) in [5, 5.41) is 3.00. The highest BCUT2D eigenvalue weighted by molar-refractivity contribution is 8.00. The van der Waals surface area contributed by atoms with E-state index >= 15 is 0 Å². The first-order chi connectivity index (χ1) is 13.0. The fourth-order valence-corrected chi connectivity index (χ4v) is 4.11. The third-order valence-electron chi connectivity index (χ3n) is 4.51. The molecule has 0 bridgehead atoms. The largest absolute Gasteiger partial charge is 0.352 e. The second-order valence-corrected chi connectivity index (χ2v) is 8.00. The third-order valence-corrected chi connectivity index (χ3v) is 5.56. The van der Waals surface area contributed by atoms with Gasteiger partial charge in [0.1, 0.15) is 6.54 Å². The van der Waals surface area contributed by atoms with Gasteiger partial charge in [0.05, 0.1) is 25.5 Å². The van der Waals surface area contributed by atoms with Crippen molar-refractivity contribution in [3.63, 3.8) is 0 Å². The van der Waals surface area contributed by atoms with Crippen molar-refractivity contribution in [3.05, 3.63) is 59.7 Å². The van der Waals surface area contributed by atoms with Crippen molar-refractivity contribution < 1.29 is 14.5 Å². The summed E-state index contributed by atoms with van der Waals surface area (Å²) in [6.07, 6.45) is 0.297. The highest BCUT2D eigenvalue weighted by Gasteiger charge is 2.24. The van der Waals surface area contributed by atoms with E-state index < -0.39 is 0 Å². The Morgan fingerprint density at radius 3 is 2.59 bits per heavy atom. The summed E-state index contributed by atoms with van der Waals surface area (Å²) in [5.74, 6) is 0.454. The van der Waals surface area contributed by atoms with Crippen LogP contribution < -0.4 is 15.1 Å². The lowest BCUT2D eigenvalue weighted by Gasteiger charge is -2.28. The van der Waals surface area contributed by atoms with Crippen LogP contribution in [0.4, 0.5) is 5.69 Å². The number of quaternary nitrogens is 1. The first-order valence-corrected chi connectivity index (χ1v) is 10.2. The number of benzene rings is 2. The first-order valence-electron chi connectivity index (χ1n) is 9.19. The molecule has 3 rings (SSSR count). The standard InChI is InChI=1S/C21H25N3O2S/c1-23(2)14-17-8-4-3-7-16(17)13-22-20(25)11-12-24-18-9-5-6-10-19(18)27-15-21(24)26/h3-10H,11-15H2,1-2H3,(H,22,25)/p+1. The molecule has 27 heavy (non-hydrogen) atoms. The maximum absolute atomic E-state index is 12.4. The summed E-state index contributed by atoms with van der Waals surface area (Å²) in [6.45, 7) is 1.84. The van der Waals surface area contributed by atoms with Crippen LogP contribution in [0.25, 0.3) is 0 Å². The van der Waals surface area contributed by atoms with E-state index in [-0.39, 0.29) is 11.8 Å². The Balaban J connectivity index is 1.56. The summed E-state index contributed by atoms with van der Waals surface area (Å²) < 4.78 is 0. The fourth-order valence-electron chi connectivity index (χ4n) is 3.18. The number of nitrogens with zero attached hydrogens (tertiary/aromatic N) is 1. The number of hydrogen-bond acceptors (Lipinski definition) is 3. The van der Waals surface area contributed by atoms with Gasteiger partial charge in [0, 0.05) is 30.0 Å². The molecule has 0 spiro atoms. The Bertz CT molecular complexity index is 823. The van der Waals surface area contributed by atoms with Gasteiger partial charge >= 0.3 is 0 Å². The van der Waals surface area contributed by atoms with E-state index in [0.29, 0.717) is 25.3 Å². The van der Waals surface area contributed by atoms with Crippen molar-refractivity contribution in [1.29, 1.82) is 0 Å². The lowest BCUT2D eigenvalue weighted by Crippen LogP contribution is -3.04. The molecule has 2 aromatic rings. The van der Waals surface area contributed by atoms with Gasteiger partial charge in [-0.25, -0.2) is 0 Å². The van der Waals surface area contributed by atoms with Crippen LogP contribution >= 0.6 is 11.8 Å². The first kappa shape index (κ1) is 19.5. The average molecular weight is 385 g/mol. The number of para-hydroxylation sites is 1. The molecule has 142 valence electrons. The number of anilines is 1. The van der Waals surface area contributed by atoms with E-state index in [4.69, 9.17) is 0 Å². The number of carbonyl (C=O) groups is 2. The lowest BCUT2D eigenvalue weighted by molar-refractivity contribution is -0.872. The Labute approximate surface area is 164 Å². The van der Waals surface area contributed by atoms with Gasteiger partial charge in [-0.05, 0) is 17.7 Å². The van der Waals surface area contributed by atoms with Crippen LogP contribution in [0.5, 0.6) is 0 Å². The van der Waals surface area contributed by atoms with Crippen molar-refractivity contribution in [2.75, 3.05) is 31.3 Å². The second kappa shape index (κ2) is 9.06. The minimum atomic E-state index is -0.0366. The molecule has 2 N–H and O–H groups in total. The van der Waals surface area contributed by atoms with Gasteiger partial charge in [-0.3, -0.25) is 9.59 Å². The van der Waals surface area contributed by atoms with E-state index in [9.17, 15) is 9.59 Å². The fraction of sp³-hybridized carbons (Fsp3) is 0.333. The lowest BCUT2D eigenvalue weighted by atomic mass is 10.1. The molecule has 0 fully saturated rings. The molecule has 0 saturated heterocycles. The molecular weight excluding hydrogens is 358 g/mol. The van der Waals surface area contributed by atoms with Gasteiger partial charge in [0.25, 0.3) is 0 Å². The SMILES string of the molecule is C[NH+](C)Cc1ccccc1CNC(=O)CCN1C(=O)CSc2ccccc21. The van der Waals surface area contributed by atoms with Crippen molar-refractivity contribution in [2.24, 2.45) is 0 Å². The third kappa shape index (κ3) is 5.11. The summed E-state index contributed by atoms with van der Waals surface area (Å²) in [6, 6.07) is 16.0. The number of fused-ring (bicyclic) bond motifs is 1. The topological polar surface area (TPSA) is 53.9 Å². The summed E-state index contributed by atoms with van der Waals surface area (Å²) in [4.78, 5) is 28.8. The molecule has 2 aromatic carbocycles. The van der Waals surface area contributed by atoms with Gasteiger partial charge in [0.15, 0.2) is 0 Å². The number of carbonyl (C=O) groups excluding carboxylic acids is 2. The molecular formula is C21H26N3O2S+. The van der Waals surface area contributed by atoms with Crippen LogP contribution in [0, 0.1) is 0 Å². The molecule has 0 aromatic heterocycles. The van der Waals surface area contributed by atoms with Crippen LogP contribution in [0.3, 0.4) is 0 Å². The predicted octanol–water partition coefficient (Wildman–Crippen LogP) is 1.48. The molecule has 1 heterocycles. The van der Waals surface area contributed by atoms with Gasteiger partial charge < -0.3 is 15.1 Å². The predicted molar refractivity (Wildman–Crippen MR) is 109 cm³/mol. The number of amides is 2. The molecule has 0 atom stereocenters. The molecule has 1 aliphatic heterocycles. The van der Waals surface area contributed by atoms with Crippen LogP contribution in [0.2, 0.25) is 0 Å². The van der Waals surface area contributed by atoms with Crippen LogP contribution in [0.15, 0.2) is 53.4 Å². The van der Waals surface area contributed by atoms with E-state index in [1.807, 2.05) is 36.4 Å². The van der Waals surface area contributed by atoms with Crippen molar-refractivity contribution >= 4 is 29.3 Å². The molecule has 0 unspecified atom stereocenters. The van der Waals surface area contributed by atoms with Crippen LogP contribution in [0.1, 0.15) is 17.5 Å². The van der Waals surface area contributed by atoms with Crippen LogP contribution in [-0.2, 0) is 22.7 Å². The van der Waals surface area contributed by atoms with E-state index in [2.05, 4.69) is 31.5 Å². The molecule has 6 heteroatoms. The maximum atomic E-state index is 12.4. The molecule has 0 radical (unpaired) electrons. The van der Waals surface area contributed by atoms with E-state index in [1.165, 1.54) is 10.5 Å². The number of nitrogens with one attached hydrogen (secondary N) is 2. The summed E-state index contributed by atoms with van der Waals surface area (Å²) in [7, 11) is 4.22. The minimum absolute atomic E-state index is 0.0366. The van der Waals surface area contributed by atoms with Gasteiger partial charge in [-0.15, -0.1) is 11.8 Å². The monoisotopic (exact) mass is 384 g/mol. The minimum Gasteiger partial charge on any atom is -0.352 e. The van der Waals surface area contributed by atoms with Crippen LogP contribution in [-0.4, -0.2) is 38.2 Å². The molecule has 5 nitrogen and oxygen atoms in total. The molecule has 2 amide bonds. The zero-order valence-corrected chi connectivity index (χ0v) is 16.6. The van der Waals surface area contributed by atoms with Gasteiger partial charge in [-0.2, -0.15) is 0 Å². The smallest absolute Gasteiger partial charge is 0.237 e. The molecule has 0 saturated carbocycles. The quantitative estimate of drug-likeness (QED) is 0.760.